The lowest BCUT2D eigenvalue weighted by Gasteiger charge is -1.99. The van der Waals surface area contributed by atoms with Gasteiger partial charge in [-0.15, -0.1) is 0 Å². The first kappa shape index (κ1) is 19.4. The quantitative estimate of drug-likeness (QED) is 0.165. The summed E-state index contributed by atoms with van der Waals surface area (Å²) in [4.78, 5) is 4.05. The molecule has 0 aliphatic rings. The van der Waals surface area contributed by atoms with Crippen LogP contribution in [-0.4, -0.2) is 11.9 Å². The Morgan fingerprint density at radius 3 is 1.85 bits per heavy atom. The summed E-state index contributed by atoms with van der Waals surface area (Å²) in [6.07, 6.45) is 24.1. The van der Waals surface area contributed by atoms with Crippen molar-refractivity contribution in [1.29, 1.82) is 0 Å². The van der Waals surface area contributed by atoms with E-state index in [1.165, 1.54) is 64.2 Å². The topological polar surface area (TPSA) is 29.5 Å². The van der Waals surface area contributed by atoms with E-state index in [1.54, 1.807) is 0 Å². The van der Waals surface area contributed by atoms with Crippen LogP contribution in [0.15, 0.2) is 24.3 Å². The summed E-state index contributed by atoms with van der Waals surface area (Å²) >= 11 is 0. The van der Waals surface area contributed by atoms with Crippen molar-refractivity contribution in [2.24, 2.45) is 0 Å². The fourth-order valence-corrected chi connectivity index (χ4v) is 2.15. The molecule has 0 heterocycles. The summed E-state index contributed by atoms with van der Waals surface area (Å²) in [5.41, 5.74) is 0. The van der Waals surface area contributed by atoms with Gasteiger partial charge in [-0.3, -0.25) is 5.26 Å². The number of rotatable bonds is 15. The average Bonchev–Trinajstić information content (AvgIpc) is 2.47. The van der Waals surface area contributed by atoms with Gasteiger partial charge in [-0.1, -0.05) is 69.8 Å². The van der Waals surface area contributed by atoms with E-state index in [4.69, 9.17) is 5.26 Å². The number of hydrogen-bond acceptors (Lipinski definition) is 2. The molecular weight excluding hydrogens is 248 g/mol. The van der Waals surface area contributed by atoms with Gasteiger partial charge in [0.2, 0.25) is 0 Å². The second-order valence-electron chi connectivity index (χ2n) is 5.42. The molecule has 20 heavy (non-hydrogen) atoms. The summed E-state index contributed by atoms with van der Waals surface area (Å²) in [6, 6.07) is 0. The second-order valence-corrected chi connectivity index (χ2v) is 5.42. The lowest BCUT2D eigenvalue weighted by molar-refractivity contribution is -0.242. The number of hydrogen-bond donors (Lipinski definition) is 1. The molecular formula is C18H34O2. The molecule has 2 nitrogen and oxygen atoms in total. The van der Waals surface area contributed by atoms with E-state index < -0.39 is 0 Å². The van der Waals surface area contributed by atoms with Gasteiger partial charge in [-0.05, 0) is 38.5 Å². The minimum Gasteiger partial charge on any atom is -0.252 e. The Kier molecular flexibility index (Phi) is 17.8. The monoisotopic (exact) mass is 282 g/mol. The minimum atomic E-state index is 0.481. The highest BCUT2D eigenvalue weighted by atomic mass is 17.1. The van der Waals surface area contributed by atoms with E-state index in [1.807, 2.05) is 0 Å². The van der Waals surface area contributed by atoms with E-state index in [0.717, 1.165) is 12.8 Å². The maximum Gasteiger partial charge on any atom is 0.0819 e. The molecule has 0 bridgehead atoms. The Balaban J connectivity index is 3.12. The van der Waals surface area contributed by atoms with E-state index in [-0.39, 0.29) is 0 Å². The van der Waals surface area contributed by atoms with Crippen LogP contribution in [0, 0.1) is 0 Å². The molecule has 0 saturated carbocycles. The molecule has 0 atom stereocenters. The van der Waals surface area contributed by atoms with Crippen LogP contribution in [0.5, 0.6) is 0 Å². The summed E-state index contributed by atoms with van der Waals surface area (Å²) in [5.74, 6) is 0. The Morgan fingerprint density at radius 2 is 1.25 bits per heavy atom. The largest absolute Gasteiger partial charge is 0.252 e. The molecule has 0 radical (unpaired) electrons. The van der Waals surface area contributed by atoms with Crippen LogP contribution in [0.2, 0.25) is 0 Å². The molecule has 0 fully saturated rings. The molecule has 0 aromatic heterocycles. The first-order valence-corrected chi connectivity index (χ1v) is 8.48. The molecule has 0 unspecified atom stereocenters. The Hall–Kier alpha value is -0.600. The summed E-state index contributed by atoms with van der Waals surface area (Å²) in [6.45, 7) is 2.73. The van der Waals surface area contributed by atoms with Crippen LogP contribution in [0.1, 0.15) is 84.0 Å². The molecule has 0 spiro atoms. The zero-order valence-electron chi connectivity index (χ0n) is 13.4. The standard InChI is InChI=1S/C18H34O2/c1-2-3-4-5-6-7-8-9-10-11-12-13-14-15-16-17-18-20-19/h6-7,9-10,19H,2-5,8,11-18H2,1H3. The third kappa shape index (κ3) is 17.4. The van der Waals surface area contributed by atoms with Crippen LogP contribution in [0.3, 0.4) is 0 Å². The smallest absolute Gasteiger partial charge is 0.0819 e. The van der Waals surface area contributed by atoms with Crippen LogP contribution in [-0.2, 0) is 4.89 Å². The first-order valence-electron chi connectivity index (χ1n) is 8.48. The summed E-state index contributed by atoms with van der Waals surface area (Å²) in [7, 11) is 0. The molecule has 0 aromatic carbocycles. The van der Waals surface area contributed by atoms with Gasteiger partial charge < -0.3 is 0 Å². The fraction of sp³-hybridized carbons (Fsp3) is 0.778. The van der Waals surface area contributed by atoms with Gasteiger partial charge in [0.25, 0.3) is 0 Å². The predicted molar refractivity (Wildman–Crippen MR) is 87.9 cm³/mol. The van der Waals surface area contributed by atoms with Crippen molar-refractivity contribution in [3.05, 3.63) is 24.3 Å². The van der Waals surface area contributed by atoms with E-state index in [9.17, 15) is 0 Å². The highest BCUT2D eigenvalue weighted by Crippen LogP contribution is 2.08. The van der Waals surface area contributed by atoms with E-state index in [0.29, 0.717) is 6.61 Å². The van der Waals surface area contributed by atoms with Gasteiger partial charge in [0.15, 0.2) is 0 Å². The molecule has 118 valence electrons. The molecule has 0 saturated heterocycles. The van der Waals surface area contributed by atoms with Crippen LogP contribution in [0.25, 0.3) is 0 Å². The van der Waals surface area contributed by atoms with Gasteiger partial charge >= 0.3 is 0 Å². The van der Waals surface area contributed by atoms with Crippen LogP contribution < -0.4 is 0 Å². The molecule has 0 amide bonds. The van der Waals surface area contributed by atoms with Crippen LogP contribution >= 0.6 is 0 Å². The first-order chi connectivity index (χ1) is 9.91. The molecule has 2 heteroatoms. The summed E-state index contributed by atoms with van der Waals surface area (Å²) < 4.78 is 0. The lowest BCUT2D eigenvalue weighted by Crippen LogP contribution is -1.88. The molecule has 0 rings (SSSR count). The van der Waals surface area contributed by atoms with E-state index >= 15 is 0 Å². The lowest BCUT2D eigenvalue weighted by atomic mass is 10.1. The highest BCUT2D eigenvalue weighted by molar-refractivity contribution is 4.92. The van der Waals surface area contributed by atoms with Crippen molar-refractivity contribution in [2.75, 3.05) is 6.61 Å². The second kappa shape index (κ2) is 18.4. The Labute approximate surface area is 125 Å². The summed E-state index contributed by atoms with van der Waals surface area (Å²) in [5, 5.41) is 8.17. The van der Waals surface area contributed by atoms with Crippen molar-refractivity contribution in [1.82, 2.24) is 0 Å². The number of unbranched alkanes of at least 4 members (excludes halogenated alkanes) is 9. The maximum atomic E-state index is 8.17. The molecule has 0 aliphatic heterocycles. The van der Waals surface area contributed by atoms with E-state index in [2.05, 4.69) is 36.1 Å². The number of allylic oxidation sites excluding steroid dienone is 4. The Bertz CT molecular complexity index is 221. The molecule has 1 N–H and O–H groups in total. The average molecular weight is 282 g/mol. The van der Waals surface area contributed by atoms with Gasteiger partial charge in [-0.25, -0.2) is 4.89 Å². The highest BCUT2D eigenvalue weighted by Gasteiger charge is 1.90. The van der Waals surface area contributed by atoms with Crippen molar-refractivity contribution in [3.8, 4) is 0 Å². The minimum absolute atomic E-state index is 0.481. The van der Waals surface area contributed by atoms with Crippen LogP contribution in [0.4, 0.5) is 0 Å². The zero-order valence-corrected chi connectivity index (χ0v) is 13.4. The predicted octanol–water partition coefficient (Wildman–Crippen LogP) is 6.29. The molecule has 0 aliphatic carbocycles. The van der Waals surface area contributed by atoms with Crippen molar-refractivity contribution < 1.29 is 10.1 Å². The Morgan fingerprint density at radius 1 is 0.700 bits per heavy atom. The zero-order chi connectivity index (χ0) is 14.7. The third-order valence-corrected chi connectivity index (χ3v) is 3.44. The van der Waals surface area contributed by atoms with Gasteiger partial charge in [0, 0.05) is 0 Å². The van der Waals surface area contributed by atoms with Gasteiger partial charge in [0.05, 0.1) is 6.61 Å². The van der Waals surface area contributed by atoms with Crippen molar-refractivity contribution >= 4 is 0 Å². The third-order valence-electron chi connectivity index (χ3n) is 3.44. The normalized spacial score (nSPS) is 11.9. The molecule has 0 aromatic rings. The maximum absolute atomic E-state index is 8.17. The van der Waals surface area contributed by atoms with Gasteiger partial charge in [-0.2, -0.15) is 0 Å². The van der Waals surface area contributed by atoms with Gasteiger partial charge in [0.1, 0.15) is 0 Å². The fourth-order valence-electron chi connectivity index (χ4n) is 2.15. The van der Waals surface area contributed by atoms with Crippen molar-refractivity contribution in [2.45, 2.75) is 84.0 Å². The SMILES string of the molecule is CCCCCC=CCC=CCCCCCCCCOO. The van der Waals surface area contributed by atoms with Crippen molar-refractivity contribution in [3.63, 3.8) is 0 Å².